The fourth-order valence-corrected chi connectivity index (χ4v) is 2.98. The molecule has 0 aromatic carbocycles. The first-order valence-corrected chi connectivity index (χ1v) is 6.97. The summed E-state index contributed by atoms with van der Waals surface area (Å²) in [6, 6.07) is 1.16. The SMILES string of the molecule is CC(c1cncs1)N(C)CC1CCCCN1. The maximum atomic E-state index is 4.15. The molecule has 90 valence electrons. The van der Waals surface area contributed by atoms with E-state index in [-0.39, 0.29) is 0 Å². The third-order valence-corrected chi connectivity index (χ3v) is 4.39. The molecule has 16 heavy (non-hydrogen) atoms. The molecule has 0 saturated carbocycles. The maximum Gasteiger partial charge on any atom is 0.0794 e. The van der Waals surface area contributed by atoms with Crippen molar-refractivity contribution in [2.75, 3.05) is 20.1 Å². The van der Waals surface area contributed by atoms with E-state index < -0.39 is 0 Å². The summed E-state index contributed by atoms with van der Waals surface area (Å²) in [7, 11) is 2.21. The molecule has 3 nitrogen and oxygen atoms in total. The van der Waals surface area contributed by atoms with Gasteiger partial charge in [0.2, 0.25) is 0 Å². The number of likely N-dealkylation sites (N-methyl/N-ethyl adjacent to an activating group) is 1. The van der Waals surface area contributed by atoms with Crippen molar-refractivity contribution < 1.29 is 0 Å². The molecular formula is C12H21N3S. The number of piperidine rings is 1. The van der Waals surface area contributed by atoms with Crippen LogP contribution in [-0.2, 0) is 0 Å². The first kappa shape index (κ1) is 12.0. The van der Waals surface area contributed by atoms with Crippen LogP contribution >= 0.6 is 11.3 Å². The van der Waals surface area contributed by atoms with Gasteiger partial charge in [0, 0.05) is 29.7 Å². The molecule has 2 rings (SSSR count). The van der Waals surface area contributed by atoms with E-state index in [2.05, 4.69) is 29.2 Å². The Hall–Kier alpha value is -0.450. The number of thiazole rings is 1. The van der Waals surface area contributed by atoms with Crippen molar-refractivity contribution in [3.05, 3.63) is 16.6 Å². The fraction of sp³-hybridized carbons (Fsp3) is 0.750. The number of nitrogens with one attached hydrogen (secondary N) is 1. The molecule has 2 unspecified atom stereocenters. The fourth-order valence-electron chi connectivity index (χ4n) is 2.23. The topological polar surface area (TPSA) is 28.2 Å². The Morgan fingerprint density at radius 2 is 2.50 bits per heavy atom. The Morgan fingerprint density at radius 1 is 1.62 bits per heavy atom. The lowest BCUT2D eigenvalue weighted by Crippen LogP contribution is -2.42. The van der Waals surface area contributed by atoms with Gasteiger partial charge in [-0.2, -0.15) is 0 Å². The van der Waals surface area contributed by atoms with Gasteiger partial charge in [0.15, 0.2) is 0 Å². The summed E-state index contributed by atoms with van der Waals surface area (Å²) in [5.74, 6) is 0. The minimum Gasteiger partial charge on any atom is -0.313 e. The van der Waals surface area contributed by atoms with Gasteiger partial charge in [-0.25, -0.2) is 0 Å². The zero-order valence-electron chi connectivity index (χ0n) is 10.1. The van der Waals surface area contributed by atoms with Gasteiger partial charge in [-0.3, -0.25) is 9.88 Å². The van der Waals surface area contributed by atoms with E-state index in [9.17, 15) is 0 Å². The van der Waals surface area contributed by atoms with Gasteiger partial charge in [-0.05, 0) is 33.4 Å². The average molecular weight is 239 g/mol. The molecule has 1 aliphatic heterocycles. The molecule has 4 heteroatoms. The summed E-state index contributed by atoms with van der Waals surface area (Å²) in [4.78, 5) is 7.94. The van der Waals surface area contributed by atoms with Crippen LogP contribution in [0.15, 0.2) is 11.7 Å². The van der Waals surface area contributed by atoms with Crippen LogP contribution in [0.1, 0.15) is 37.1 Å². The summed E-state index contributed by atoms with van der Waals surface area (Å²) in [6.07, 6.45) is 6.02. The largest absolute Gasteiger partial charge is 0.313 e. The van der Waals surface area contributed by atoms with Gasteiger partial charge < -0.3 is 5.32 Å². The van der Waals surface area contributed by atoms with Crippen molar-refractivity contribution in [1.82, 2.24) is 15.2 Å². The smallest absolute Gasteiger partial charge is 0.0794 e. The van der Waals surface area contributed by atoms with Crippen LogP contribution in [0.25, 0.3) is 0 Å². The van der Waals surface area contributed by atoms with Crippen molar-refractivity contribution >= 4 is 11.3 Å². The van der Waals surface area contributed by atoms with Crippen LogP contribution in [-0.4, -0.2) is 36.1 Å². The Labute approximate surface area is 102 Å². The maximum absolute atomic E-state index is 4.15. The average Bonchev–Trinajstić information content (AvgIpc) is 2.83. The number of hydrogen-bond donors (Lipinski definition) is 1. The van der Waals surface area contributed by atoms with Crippen molar-refractivity contribution in [2.45, 2.75) is 38.3 Å². The molecule has 0 spiro atoms. The van der Waals surface area contributed by atoms with E-state index >= 15 is 0 Å². The van der Waals surface area contributed by atoms with E-state index in [0.29, 0.717) is 12.1 Å². The lowest BCUT2D eigenvalue weighted by Gasteiger charge is -2.31. The Morgan fingerprint density at radius 3 is 3.12 bits per heavy atom. The van der Waals surface area contributed by atoms with Crippen LogP contribution in [0.2, 0.25) is 0 Å². The third kappa shape index (κ3) is 3.03. The third-order valence-electron chi connectivity index (χ3n) is 3.45. The molecule has 0 aliphatic carbocycles. The van der Waals surface area contributed by atoms with Crippen molar-refractivity contribution in [3.63, 3.8) is 0 Å². The molecule has 1 aromatic heterocycles. The van der Waals surface area contributed by atoms with Crippen LogP contribution < -0.4 is 5.32 Å². The lowest BCUT2D eigenvalue weighted by atomic mass is 10.0. The van der Waals surface area contributed by atoms with Gasteiger partial charge in [-0.1, -0.05) is 6.42 Å². The van der Waals surface area contributed by atoms with Crippen LogP contribution in [0.4, 0.5) is 0 Å². The molecule has 1 saturated heterocycles. The minimum absolute atomic E-state index is 0.483. The first-order chi connectivity index (χ1) is 7.77. The number of hydrogen-bond acceptors (Lipinski definition) is 4. The van der Waals surface area contributed by atoms with Gasteiger partial charge in [0.25, 0.3) is 0 Å². The highest BCUT2D eigenvalue weighted by molar-refractivity contribution is 7.09. The van der Waals surface area contributed by atoms with E-state index in [1.807, 2.05) is 11.7 Å². The standard InChI is InChI=1S/C12H21N3S/c1-10(12-7-13-9-16-12)15(2)8-11-5-3-4-6-14-11/h7,9-11,14H,3-6,8H2,1-2H3. The van der Waals surface area contributed by atoms with E-state index in [4.69, 9.17) is 0 Å². The predicted octanol–water partition coefficient (Wildman–Crippen LogP) is 2.28. The summed E-state index contributed by atoms with van der Waals surface area (Å²) in [6.45, 7) is 4.59. The quantitative estimate of drug-likeness (QED) is 0.873. The monoisotopic (exact) mass is 239 g/mol. The second-order valence-corrected chi connectivity index (χ2v) is 5.58. The summed E-state index contributed by atoms with van der Waals surface area (Å²) in [5, 5.41) is 3.60. The van der Waals surface area contributed by atoms with Crippen molar-refractivity contribution in [2.24, 2.45) is 0 Å². The van der Waals surface area contributed by atoms with E-state index in [1.54, 1.807) is 11.3 Å². The highest BCUT2D eigenvalue weighted by atomic mass is 32.1. The molecule has 2 heterocycles. The molecular weight excluding hydrogens is 218 g/mol. The molecule has 1 fully saturated rings. The molecule has 1 N–H and O–H groups in total. The number of aromatic nitrogens is 1. The Balaban J connectivity index is 1.84. The molecule has 1 aliphatic rings. The molecule has 0 bridgehead atoms. The molecule has 2 atom stereocenters. The normalized spacial score (nSPS) is 23.6. The first-order valence-electron chi connectivity index (χ1n) is 6.09. The highest BCUT2D eigenvalue weighted by Gasteiger charge is 2.19. The lowest BCUT2D eigenvalue weighted by molar-refractivity contribution is 0.217. The van der Waals surface area contributed by atoms with E-state index in [0.717, 1.165) is 6.54 Å². The second kappa shape index (κ2) is 5.75. The van der Waals surface area contributed by atoms with Gasteiger partial charge in [0.05, 0.1) is 5.51 Å². The Kier molecular flexibility index (Phi) is 4.32. The van der Waals surface area contributed by atoms with Crippen molar-refractivity contribution in [1.29, 1.82) is 0 Å². The summed E-state index contributed by atoms with van der Waals surface area (Å²) in [5.41, 5.74) is 1.92. The van der Waals surface area contributed by atoms with Crippen LogP contribution in [0.5, 0.6) is 0 Å². The molecule has 0 amide bonds. The Bertz CT molecular complexity index is 293. The van der Waals surface area contributed by atoms with Gasteiger partial charge in [0.1, 0.15) is 0 Å². The number of nitrogens with zero attached hydrogens (tertiary/aromatic N) is 2. The zero-order chi connectivity index (χ0) is 11.4. The minimum atomic E-state index is 0.483. The van der Waals surface area contributed by atoms with Crippen LogP contribution in [0, 0.1) is 0 Å². The highest BCUT2D eigenvalue weighted by Crippen LogP contribution is 2.22. The molecule has 0 radical (unpaired) electrons. The van der Waals surface area contributed by atoms with Gasteiger partial charge >= 0.3 is 0 Å². The van der Waals surface area contributed by atoms with E-state index in [1.165, 1.54) is 30.7 Å². The number of rotatable bonds is 4. The van der Waals surface area contributed by atoms with Gasteiger partial charge in [-0.15, -0.1) is 11.3 Å². The zero-order valence-corrected chi connectivity index (χ0v) is 11.0. The summed E-state index contributed by atoms with van der Waals surface area (Å²) < 4.78 is 0. The predicted molar refractivity (Wildman–Crippen MR) is 68.8 cm³/mol. The second-order valence-electron chi connectivity index (χ2n) is 4.67. The van der Waals surface area contributed by atoms with Crippen LogP contribution in [0.3, 0.4) is 0 Å². The van der Waals surface area contributed by atoms with Crippen molar-refractivity contribution in [3.8, 4) is 0 Å². The molecule has 1 aromatic rings. The summed E-state index contributed by atoms with van der Waals surface area (Å²) >= 11 is 1.75.